The van der Waals surface area contributed by atoms with Gasteiger partial charge >= 0.3 is 0 Å². The Bertz CT molecular complexity index is 1400. The number of aliphatic hydroxyl groups excluding tert-OH is 1. The zero-order chi connectivity index (χ0) is 31.6. The molecule has 2 aromatic rings. The van der Waals surface area contributed by atoms with Gasteiger partial charge in [0.25, 0.3) is 5.91 Å². The summed E-state index contributed by atoms with van der Waals surface area (Å²) in [5.74, 6) is -1.75. The first-order valence-corrected chi connectivity index (χ1v) is 16.7. The van der Waals surface area contributed by atoms with Crippen molar-refractivity contribution in [3.63, 3.8) is 0 Å². The molecule has 7 nitrogen and oxygen atoms in total. The third-order valence-corrected chi connectivity index (χ3v) is 11.6. The highest BCUT2D eigenvalue weighted by Crippen LogP contribution is 2.67. The Kier molecular flexibility index (Phi) is 9.93. The summed E-state index contributed by atoms with van der Waals surface area (Å²) in [6, 6.07) is 13.7. The first-order chi connectivity index (χ1) is 21.2. The number of nitrogens with zero attached hydrogens (tertiary/aromatic N) is 3. The number of carbonyl (C=O) groups excluding carboxylic acids is 3. The predicted molar refractivity (Wildman–Crippen MR) is 178 cm³/mol. The molecule has 234 valence electrons. The molecule has 2 bridgehead atoms. The van der Waals surface area contributed by atoms with Crippen molar-refractivity contribution in [2.75, 3.05) is 31.1 Å². The lowest BCUT2D eigenvalue weighted by atomic mass is 9.70. The number of hydrogen-bond donors (Lipinski definition) is 1. The molecular formula is C35H42ClN3O4S. The van der Waals surface area contributed by atoms with Crippen LogP contribution in [0.3, 0.4) is 0 Å². The van der Waals surface area contributed by atoms with Gasteiger partial charge in [0.05, 0.1) is 39.9 Å². The van der Waals surface area contributed by atoms with E-state index in [9.17, 15) is 14.7 Å². The quantitative estimate of drug-likeness (QED) is 0.303. The summed E-state index contributed by atoms with van der Waals surface area (Å²) in [5, 5.41) is 11.2. The maximum Gasteiger partial charge on any atom is 0.251 e. The second-order valence-electron chi connectivity index (χ2n) is 12.0. The van der Waals surface area contributed by atoms with Crippen LogP contribution >= 0.6 is 23.4 Å². The second-order valence-corrected chi connectivity index (χ2v) is 14.1. The van der Waals surface area contributed by atoms with Crippen molar-refractivity contribution in [2.24, 2.45) is 11.8 Å². The number of aryl methyl sites for hydroxylation is 1. The standard InChI is InChI=1S/C35H42ClN3O4S/c1-5-18-37(19-6-2)32(41)28-27-16-17-35(44-27)29(28)33(42)39(25(22-40)21-24-13-9-8-10-14-24)31(35)34(43)38(20-7-3)30-23(4)12-11-15-26(30)36/h5,7-15,25,27-29,31,40H,1,3,6,16-22H2,2,4H3/t25-,27+,28-,29+,31?,35?/m1/s1. The lowest BCUT2D eigenvalue weighted by Crippen LogP contribution is -2.58. The van der Waals surface area contributed by atoms with Crippen LogP contribution in [0.15, 0.2) is 73.8 Å². The van der Waals surface area contributed by atoms with E-state index in [-0.39, 0.29) is 36.1 Å². The summed E-state index contributed by atoms with van der Waals surface area (Å²) < 4.78 is -0.802. The zero-order valence-electron chi connectivity index (χ0n) is 25.5. The van der Waals surface area contributed by atoms with Gasteiger partial charge in [-0.15, -0.1) is 24.9 Å². The van der Waals surface area contributed by atoms with Crippen molar-refractivity contribution in [2.45, 2.75) is 61.6 Å². The van der Waals surface area contributed by atoms with E-state index in [1.165, 1.54) is 0 Å². The molecule has 3 aliphatic heterocycles. The van der Waals surface area contributed by atoms with Crippen molar-refractivity contribution in [3.8, 4) is 0 Å². The maximum atomic E-state index is 15.0. The molecular weight excluding hydrogens is 594 g/mol. The fourth-order valence-electron chi connectivity index (χ4n) is 7.64. The van der Waals surface area contributed by atoms with Crippen LogP contribution in [0.5, 0.6) is 0 Å². The molecule has 44 heavy (non-hydrogen) atoms. The highest BCUT2D eigenvalue weighted by Gasteiger charge is 2.74. The normalized spacial score (nSPS) is 25.9. The molecule has 3 aliphatic rings. The van der Waals surface area contributed by atoms with E-state index >= 15 is 4.79 Å². The Morgan fingerprint density at radius 3 is 2.50 bits per heavy atom. The van der Waals surface area contributed by atoms with E-state index < -0.39 is 28.7 Å². The molecule has 0 aliphatic carbocycles. The average Bonchev–Trinajstić information content (AvgIpc) is 3.66. The first-order valence-electron chi connectivity index (χ1n) is 15.5. The van der Waals surface area contributed by atoms with Crippen LogP contribution in [0.2, 0.25) is 5.02 Å². The van der Waals surface area contributed by atoms with Gasteiger partial charge in [0.1, 0.15) is 6.04 Å². The molecule has 2 aromatic carbocycles. The molecule has 3 fully saturated rings. The summed E-state index contributed by atoms with van der Waals surface area (Å²) in [7, 11) is 0. The fourth-order valence-corrected chi connectivity index (χ4v) is 10.2. The lowest BCUT2D eigenvalue weighted by molar-refractivity contribution is -0.145. The van der Waals surface area contributed by atoms with Gasteiger partial charge in [-0.1, -0.05) is 73.1 Å². The van der Waals surface area contributed by atoms with E-state index in [1.54, 1.807) is 44.7 Å². The van der Waals surface area contributed by atoms with Gasteiger partial charge in [0.2, 0.25) is 11.8 Å². The molecule has 2 unspecified atom stereocenters. The zero-order valence-corrected chi connectivity index (χ0v) is 27.1. The maximum absolute atomic E-state index is 15.0. The molecule has 1 N–H and O–H groups in total. The van der Waals surface area contributed by atoms with Crippen molar-refractivity contribution in [3.05, 3.63) is 90.0 Å². The van der Waals surface area contributed by atoms with Crippen LogP contribution < -0.4 is 4.90 Å². The monoisotopic (exact) mass is 635 g/mol. The minimum atomic E-state index is -0.886. The SMILES string of the molecule is C=CCN(CCC)C(=O)[C@@H]1[C@@H]2CCC3(S2)C(C(=O)N(CC=C)c2c(C)cccc2Cl)N([C@@H](CO)Cc2ccccc2)C(=O)[C@H]13. The van der Waals surface area contributed by atoms with Crippen LogP contribution in [0.1, 0.15) is 37.3 Å². The van der Waals surface area contributed by atoms with Crippen LogP contribution in [0, 0.1) is 18.8 Å². The highest BCUT2D eigenvalue weighted by atomic mass is 35.5. The van der Waals surface area contributed by atoms with Gasteiger partial charge in [0.15, 0.2) is 0 Å². The summed E-state index contributed by atoms with van der Waals surface area (Å²) in [4.78, 5) is 49.0. The van der Waals surface area contributed by atoms with Crippen LogP contribution in [-0.4, -0.2) is 80.9 Å². The number of thioether (sulfide) groups is 1. The predicted octanol–water partition coefficient (Wildman–Crippen LogP) is 5.29. The molecule has 6 atom stereocenters. The number of fused-ring (bicyclic) bond motifs is 1. The highest BCUT2D eigenvalue weighted by molar-refractivity contribution is 8.02. The Hall–Kier alpha value is -3.07. The van der Waals surface area contributed by atoms with Gasteiger partial charge in [-0.05, 0) is 49.8 Å². The summed E-state index contributed by atoms with van der Waals surface area (Å²) in [6.07, 6.45) is 5.93. The Morgan fingerprint density at radius 2 is 1.86 bits per heavy atom. The number of likely N-dealkylation sites (tertiary alicyclic amines) is 1. The van der Waals surface area contributed by atoms with Crippen LogP contribution in [-0.2, 0) is 20.8 Å². The first kappa shape index (κ1) is 32.3. The molecule has 0 saturated carbocycles. The molecule has 0 aromatic heterocycles. The topological polar surface area (TPSA) is 81.2 Å². The summed E-state index contributed by atoms with van der Waals surface area (Å²) >= 11 is 8.34. The Morgan fingerprint density at radius 1 is 1.14 bits per heavy atom. The van der Waals surface area contributed by atoms with Gasteiger partial charge in [-0.25, -0.2) is 0 Å². The smallest absolute Gasteiger partial charge is 0.251 e. The number of para-hydroxylation sites is 1. The van der Waals surface area contributed by atoms with Crippen molar-refractivity contribution in [1.82, 2.24) is 9.80 Å². The molecule has 3 saturated heterocycles. The largest absolute Gasteiger partial charge is 0.394 e. The number of hydrogen-bond acceptors (Lipinski definition) is 5. The van der Waals surface area contributed by atoms with E-state index in [2.05, 4.69) is 13.2 Å². The summed E-state index contributed by atoms with van der Waals surface area (Å²) in [5.41, 5.74) is 2.37. The van der Waals surface area contributed by atoms with Gasteiger partial charge in [0, 0.05) is 24.9 Å². The lowest BCUT2D eigenvalue weighted by Gasteiger charge is -2.40. The average molecular weight is 636 g/mol. The van der Waals surface area contributed by atoms with Gasteiger partial charge in [-0.3, -0.25) is 14.4 Å². The summed E-state index contributed by atoms with van der Waals surface area (Å²) in [6.45, 7) is 12.6. The van der Waals surface area contributed by atoms with Crippen molar-refractivity contribution < 1.29 is 19.5 Å². The number of halogens is 1. The number of rotatable bonds is 13. The Balaban J connectivity index is 1.63. The number of aliphatic hydroxyl groups is 1. The van der Waals surface area contributed by atoms with E-state index in [4.69, 9.17) is 11.6 Å². The molecule has 3 heterocycles. The second kappa shape index (κ2) is 13.5. The van der Waals surface area contributed by atoms with Crippen molar-refractivity contribution >= 4 is 46.8 Å². The molecule has 0 radical (unpaired) electrons. The minimum absolute atomic E-state index is 0.0503. The Labute approximate surface area is 269 Å². The van der Waals surface area contributed by atoms with Crippen LogP contribution in [0.4, 0.5) is 5.69 Å². The number of benzene rings is 2. The molecule has 9 heteroatoms. The van der Waals surface area contributed by atoms with E-state index in [1.807, 2.05) is 56.3 Å². The van der Waals surface area contributed by atoms with Crippen molar-refractivity contribution in [1.29, 1.82) is 0 Å². The third-order valence-electron chi connectivity index (χ3n) is 9.37. The van der Waals surface area contributed by atoms with E-state index in [0.717, 1.165) is 24.0 Å². The molecule has 5 rings (SSSR count). The van der Waals surface area contributed by atoms with Crippen LogP contribution in [0.25, 0.3) is 0 Å². The van der Waals surface area contributed by atoms with E-state index in [0.29, 0.717) is 36.6 Å². The minimum Gasteiger partial charge on any atom is -0.394 e. The molecule has 3 amide bonds. The molecule has 1 spiro atoms. The fraction of sp³-hybridized carbons (Fsp3) is 0.457. The number of carbonyl (C=O) groups is 3. The third kappa shape index (κ3) is 5.50. The van der Waals surface area contributed by atoms with Gasteiger partial charge in [-0.2, -0.15) is 0 Å². The van der Waals surface area contributed by atoms with Gasteiger partial charge < -0.3 is 19.8 Å². The number of anilines is 1. The number of amides is 3.